The number of hydrogen-bond donors (Lipinski definition) is 2. The van der Waals surface area contributed by atoms with Crippen LogP contribution in [0.15, 0.2) is 29.4 Å². The number of nitrogens with two attached hydrogens (primary N) is 1. The van der Waals surface area contributed by atoms with Crippen LogP contribution in [0.1, 0.15) is 37.8 Å². The van der Waals surface area contributed by atoms with Gasteiger partial charge in [0.05, 0.1) is 0 Å². The average Bonchev–Trinajstić information content (AvgIpc) is 2.82. The van der Waals surface area contributed by atoms with Crippen molar-refractivity contribution >= 4 is 23.3 Å². The molecule has 2 heterocycles. The number of nitrogens with one attached hydrogen (secondary N) is 1. The molecule has 0 bridgehead atoms. The fraction of sp³-hybridized carbons (Fsp3) is 0.562. The van der Waals surface area contributed by atoms with Crippen molar-refractivity contribution in [2.75, 3.05) is 19.6 Å². The number of pyridine rings is 1. The Morgan fingerprint density at radius 3 is 2.73 bits per heavy atom. The van der Waals surface area contributed by atoms with Crippen LogP contribution in [-0.4, -0.2) is 40.6 Å². The molecule has 0 atom stereocenters. The summed E-state index contributed by atoms with van der Waals surface area (Å²) in [5, 5.41) is 3.62. The Morgan fingerprint density at radius 2 is 2.05 bits per heavy atom. The molecule has 1 fully saturated rings. The first-order valence-corrected chi connectivity index (χ1v) is 8.43. The highest BCUT2D eigenvalue weighted by Crippen LogP contribution is 2.09. The first kappa shape index (κ1) is 16.7. The summed E-state index contributed by atoms with van der Waals surface area (Å²) in [6, 6.07) is 5.97. The number of likely N-dealkylation sites (tertiary alicyclic amines) is 1. The molecule has 0 aliphatic carbocycles. The molecule has 22 heavy (non-hydrogen) atoms. The third-order valence-corrected chi connectivity index (χ3v) is 3.99. The zero-order valence-electron chi connectivity index (χ0n) is 13.0. The highest BCUT2D eigenvalue weighted by atomic mass is 32.1. The summed E-state index contributed by atoms with van der Waals surface area (Å²) in [5.74, 6) is 0.545. The Hall–Kier alpha value is -1.69. The number of guanidine groups is 1. The molecule has 1 saturated heterocycles. The van der Waals surface area contributed by atoms with Crippen LogP contribution in [-0.2, 0) is 6.42 Å². The van der Waals surface area contributed by atoms with Crippen LogP contribution < -0.4 is 11.1 Å². The fourth-order valence-corrected chi connectivity index (χ4v) is 2.72. The lowest BCUT2D eigenvalue weighted by Gasteiger charge is -2.21. The number of aliphatic imine (C=N–C) groups is 1. The van der Waals surface area contributed by atoms with E-state index in [1.165, 1.54) is 25.7 Å². The van der Waals surface area contributed by atoms with E-state index in [0.29, 0.717) is 11.1 Å². The second kappa shape index (κ2) is 9.35. The van der Waals surface area contributed by atoms with Gasteiger partial charge in [-0.2, -0.15) is 4.99 Å². The van der Waals surface area contributed by atoms with Crippen molar-refractivity contribution in [3.8, 4) is 0 Å². The number of rotatable bonds is 4. The van der Waals surface area contributed by atoms with Crippen molar-refractivity contribution < 1.29 is 0 Å². The Morgan fingerprint density at radius 1 is 1.27 bits per heavy atom. The third kappa shape index (κ3) is 5.97. The minimum absolute atomic E-state index is 0.475. The van der Waals surface area contributed by atoms with Crippen LogP contribution in [0.3, 0.4) is 0 Å². The van der Waals surface area contributed by atoms with E-state index in [4.69, 9.17) is 18.0 Å². The Labute approximate surface area is 138 Å². The number of aromatic nitrogens is 1. The molecule has 0 aromatic carbocycles. The van der Waals surface area contributed by atoms with Crippen molar-refractivity contribution in [3.63, 3.8) is 0 Å². The predicted octanol–water partition coefficient (Wildman–Crippen LogP) is 2.08. The Kier molecular flexibility index (Phi) is 7.09. The molecule has 0 amide bonds. The van der Waals surface area contributed by atoms with Crippen molar-refractivity contribution in [2.45, 2.75) is 38.5 Å². The van der Waals surface area contributed by atoms with Gasteiger partial charge in [-0.1, -0.05) is 18.9 Å². The second-order valence-corrected chi connectivity index (χ2v) is 5.91. The Bertz CT molecular complexity index is 481. The van der Waals surface area contributed by atoms with E-state index >= 15 is 0 Å². The summed E-state index contributed by atoms with van der Waals surface area (Å²) in [4.78, 5) is 10.7. The minimum Gasteiger partial charge on any atom is -0.369 e. The molecule has 1 aromatic rings. The van der Waals surface area contributed by atoms with Crippen LogP contribution in [0.25, 0.3) is 0 Å². The van der Waals surface area contributed by atoms with Gasteiger partial charge in [-0.25, -0.2) is 0 Å². The van der Waals surface area contributed by atoms with Crippen LogP contribution in [0.4, 0.5) is 0 Å². The van der Waals surface area contributed by atoms with Crippen molar-refractivity contribution in [1.82, 2.24) is 15.2 Å². The fourth-order valence-electron chi connectivity index (χ4n) is 2.52. The molecule has 2 rings (SSSR count). The van der Waals surface area contributed by atoms with Crippen LogP contribution in [0.2, 0.25) is 0 Å². The zero-order valence-corrected chi connectivity index (χ0v) is 13.8. The normalized spacial score (nSPS) is 16.2. The van der Waals surface area contributed by atoms with Gasteiger partial charge in [-0.3, -0.25) is 4.98 Å². The molecule has 1 aliphatic rings. The van der Waals surface area contributed by atoms with E-state index in [1.54, 1.807) is 0 Å². The molecule has 0 spiro atoms. The molecule has 5 nitrogen and oxygen atoms in total. The highest BCUT2D eigenvalue weighted by Gasteiger charge is 2.11. The summed E-state index contributed by atoms with van der Waals surface area (Å²) < 4.78 is 0. The maximum atomic E-state index is 6.05. The van der Waals surface area contributed by atoms with Gasteiger partial charge in [-0.05, 0) is 50.0 Å². The molecule has 0 unspecified atom stereocenters. The number of thiocarbonyl (C=S) groups is 1. The van der Waals surface area contributed by atoms with E-state index in [1.807, 2.05) is 24.4 Å². The average molecular weight is 319 g/mol. The van der Waals surface area contributed by atoms with E-state index in [0.717, 1.165) is 38.2 Å². The highest BCUT2D eigenvalue weighted by molar-refractivity contribution is 7.80. The molecular formula is C16H25N5S. The maximum Gasteiger partial charge on any atom is 0.198 e. The summed E-state index contributed by atoms with van der Waals surface area (Å²) in [7, 11) is 0. The topological polar surface area (TPSA) is 66.5 Å². The lowest BCUT2D eigenvalue weighted by Crippen LogP contribution is -2.39. The first-order chi connectivity index (χ1) is 10.8. The largest absolute Gasteiger partial charge is 0.369 e. The van der Waals surface area contributed by atoms with Gasteiger partial charge in [0.2, 0.25) is 0 Å². The maximum absolute atomic E-state index is 6.05. The molecule has 1 aromatic heterocycles. The SMILES string of the molecule is NC(=NC(=S)NCCCc1ccccn1)N1CCCCCC1. The standard InChI is InChI=1S/C16H25N5S/c17-15(21-12-5-1-2-6-13-21)20-16(22)19-11-7-9-14-8-3-4-10-18-14/h3-4,8,10H,1-2,5-7,9,11-13H2,(H3,17,19,20,22). The van der Waals surface area contributed by atoms with Crippen LogP contribution >= 0.6 is 12.2 Å². The summed E-state index contributed by atoms with van der Waals surface area (Å²) in [6.45, 7) is 2.75. The lowest BCUT2D eigenvalue weighted by atomic mass is 10.2. The van der Waals surface area contributed by atoms with Gasteiger partial charge in [0.1, 0.15) is 0 Å². The smallest absolute Gasteiger partial charge is 0.198 e. The first-order valence-electron chi connectivity index (χ1n) is 8.02. The van der Waals surface area contributed by atoms with Gasteiger partial charge in [0.25, 0.3) is 0 Å². The van der Waals surface area contributed by atoms with Crippen LogP contribution in [0, 0.1) is 0 Å². The van der Waals surface area contributed by atoms with Gasteiger partial charge >= 0.3 is 0 Å². The molecule has 6 heteroatoms. The molecular weight excluding hydrogens is 294 g/mol. The zero-order chi connectivity index (χ0) is 15.6. The van der Waals surface area contributed by atoms with Gasteiger partial charge in [0, 0.05) is 31.5 Å². The van der Waals surface area contributed by atoms with Crippen molar-refractivity contribution in [1.29, 1.82) is 0 Å². The van der Waals surface area contributed by atoms with Gasteiger partial charge < -0.3 is 16.0 Å². The monoisotopic (exact) mass is 319 g/mol. The molecule has 1 aliphatic heterocycles. The number of aryl methyl sites for hydroxylation is 1. The van der Waals surface area contributed by atoms with Crippen molar-refractivity contribution in [3.05, 3.63) is 30.1 Å². The van der Waals surface area contributed by atoms with E-state index in [9.17, 15) is 0 Å². The molecule has 0 saturated carbocycles. The predicted molar refractivity (Wildman–Crippen MR) is 94.8 cm³/mol. The number of nitrogens with zero attached hydrogens (tertiary/aromatic N) is 3. The van der Waals surface area contributed by atoms with E-state index in [2.05, 4.69) is 20.2 Å². The Balaban J connectivity index is 1.69. The molecule has 120 valence electrons. The third-order valence-electron chi connectivity index (χ3n) is 3.76. The minimum atomic E-state index is 0.475. The van der Waals surface area contributed by atoms with Crippen LogP contribution in [0.5, 0.6) is 0 Å². The summed E-state index contributed by atoms with van der Waals surface area (Å²) >= 11 is 5.24. The molecule has 3 N–H and O–H groups in total. The van der Waals surface area contributed by atoms with Gasteiger partial charge in [0.15, 0.2) is 11.1 Å². The number of hydrogen-bond acceptors (Lipinski definition) is 2. The molecule has 0 radical (unpaired) electrons. The second-order valence-electron chi connectivity index (χ2n) is 5.53. The lowest BCUT2D eigenvalue weighted by molar-refractivity contribution is 0.431. The summed E-state index contributed by atoms with van der Waals surface area (Å²) in [6.07, 6.45) is 8.64. The van der Waals surface area contributed by atoms with E-state index < -0.39 is 0 Å². The van der Waals surface area contributed by atoms with Gasteiger partial charge in [-0.15, -0.1) is 0 Å². The van der Waals surface area contributed by atoms with Crippen molar-refractivity contribution in [2.24, 2.45) is 10.7 Å². The van der Waals surface area contributed by atoms with E-state index in [-0.39, 0.29) is 0 Å². The summed E-state index contributed by atoms with van der Waals surface area (Å²) in [5.41, 5.74) is 7.15. The quantitative estimate of drug-likeness (QED) is 0.385.